The molecule has 2 aromatic carbocycles. The van der Waals surface area contributed by atoms with Gasteiger partial charge in [0.2, 0.25) is 11.8 Å². The van der Waals surface area contributed by atoms with Gasteiger partial charge in [-0.25, -0.2) is 9.03 Å². The molecule has 0 aliphatic heterocycles. The number of carbonyl (C=O) groups is 3. The van der Waals surface area contributed by atoms with Gasteiger partial charge in [0.1, 0.15) is 34.9 Å². The van der Waals surface area contributed by atoms with Crippen LogP contribution in [0, 0.1) is 22.7 Å². The largest absolute Gasteiger partial charge is 0.488 e. The van der Waals surface area contributed by atoms with E-state index in [1.807, 2.05) is 39.8 Å². The first-order valence-electron chi connectivity index (χ1n) is 24.2. The molecule has 0 aliphatic carbocycles. The van der Waals surface area contributed by atoms with E-state index in [1.165, 1.54) is 0 Å². The van der Waals surface area contributed by atoms with Crippen molar-refractivity contribution in [1.29, 1.82) is 10.5 Å². The monoisotopic (exact) mass is 1090 g/mol. The van der Waals surface area contributed by atoms with E-state index in [2.05, 4.69) is 65.4 Å². The van der Waals surface area contributed by atoms with E-state index in [4.69, 9.17) is 19.5 Å². The number of rotatable bonds is 17. The van der Waals surface area contributed by atoms with E-state index >= 15 is 0 Å². The number of ether oxygens (including phenoxy) is 2. The number of pyridine rings is 4. The first-order chi connectivity index (χ1) is 36.7. The predicted octanol–water partition coefficient (Wildman–Crippen LogP) is 7.46. The Labute approximate surface area is 448 Å². The zero-order chi connectivity index (χ0) is 54.9. The van der Waals surface area contributed by atoms with Crippen molar-refractivity contribution in [2.75, 3.05) is 50.2 Å². The second-order valence-corrected chi connectivity index (χ2v) is 17.3. The number of hydrogen-bond donors (Lipinski definition) is 4. The van der Waals surface area contributed by atoms with E-state index in [0.29, 0.717) is 71.2 Å². The molecule has 0 saturated heterocycles. The molecule has 76 heavy (non-hydrogen) atoms. The fraction of sp³-hybridized carbons (Fsp3) is 0.218. The Morgan fingerprint density at radius 3 is 1.62 bits per heavy atom. The van der Waals surface area contributed by atoms with Crippen LogP contribution < -0.4 is 35.4 Å². The summed E-state index contributed by atoms with van der Waals surface area (Å²) < 4.78 is 15.4. The second-order valence-electron chi connectivity index (χ2n) is 16.5. The van der Waals surface area contributed by atoms with Gasteiger partial charge in [0.25, 0.3) is 17.7 Å². The number of nitrogens with zero attached hydrogens (tertiary/aromatic N) is 10. The van der Waals surface area contributed by atoms with E-state index in [0.717, 1.165) is 50.7 Å². The quantitative estimate of drug-likeness (QED) is 0.0647. The third-order valence-corrected chi connectivity index (χ3v) is 12.1. The molecule has 4 N–H and O–H groups in total. The van der Waals surface area contributed by atoms with Crippen LogP contribution in [0.5, 0.6) is 11.8 Å². The van der Waals surface area contributed by atoms with Crippen LogP contribution in [0.3, 0.4) is 0 Å². The normalized spacial score (nSPS) is 10.4. The molecule has 0 fully saturated rings. The standard InChI is InChI=1S/C27H26N6O3.C19H18BrN5O2.C9H12BNO2/c1-4-14-36-26-21(16-28)10-11-24(31-26)32(5-2)27(35)20-12-13-33-23(15-20)22(17-30-33)18-6-8-19(9-7-18)25(34)29-3;1-3-9-27-18-14(11-21)5-6-17(23-18)24(4-2)19(26)13-7-8-25-16(10-13)15(20)12-22-25;1-7(11-2)8-3-5-9(6-4-8)10(12)13/h6-13,15,17H,4-5,14H2,1-3H3,(H,29,34);5-8,10,12H,3-4,9H2,1-2H3;3-6,11-13H,1H2,2H3. The van der Waals surface area contributed by atoms with Gasteiger partial charge >= 0.3 is 7.12 Å². The molecular weight excluding hydrogens is 1030 g/mol. The van der Waals surface area contributed by atoms with Crippen molar-refractivity contribution >= 4 is 74.6 Å². The number of nitriles is 2. The van der Waals surface area contributed by atoms with Gasteiger partial charge in [-0.05, 0) is 120 Å². The second kappa shape index (κ2) is 26.9. The Kier molecular flexibility index (Phi) is 20.0. The van der Waals surface area contributed by atoms with Crippen LogP contribution in [-0.2, 0) is 0 Å². The molecule has 0 spiro atoms. The van der Waals surface area contributed by atoms with Crippen LogP contribution in [0.4, 0.5) is 11.6 Å². The topological polar surface area (TPSA) is 249 Å². The van der Waals surface area contributed by atoms with E-state index in [1.54, 1.807) is 143 Å². The Balaban J connectivity index is 0.000000205. The lowest BCUT2D eigenvalue weighted by Crippen LogP contribution is -2.31. The zero-order valence-electron chi connectivity index (χ0n) is 42.9. The molecular formula is C55H56BBrN12O7. The zero-order valence-corrected chi connectivity index (χ0v) is 44.4. The van der Waals surface area contributed by atoms with Crippen LogP contribution in [0.2, 0.25) is 0 Å². The van der Waals surface area contributed by atoms with Crippen LogP contribution in [0.1, 0.15) is 88.3 Å². The molecule has 0 aliphatic rings. The highest BCUT2D eigenvalue weighted by atomic mass is 79.9. The van der Waals surface area contributed by atoms with Gasteiger partial charge in [-0.2, -0.15) is 30.7 Å². The molecule has 3 amide bonds. The van der Waals surface area contributed by atoms with Gasteiger partial charge in [-0.15, -0.1) is 0 Å². The number of hydrogen-bond acceptors (Lipinski definition) is 14. The minimum absolute atomic E-state index is 0.159. The van der Waals surface area contributed by atoms with Crippen molar-refractivity contribution in [3.8, 4) is 35.0 Å². The van der Waals surface area contributed by atoms with Gasteiger partial charge < -0.3 is 30.2 Å². The molecule has 0 saturated carbocycles. The van der Waals surface area contributed by atoms with Crippen molar-refractivity contribution in [2.45, 2.75) is 40.5 Å². The lowest BCUT2D eigenvalue weighted by Gasteiger charge is -2.21. The smallest absolute Gasteiger partial charge is 0.477 e. The van der Waals surface area contributed by atoms with Gasteiger partial charge in [0.05, 0.1) is 41.1 Å². The summed E-state index contributed by atoms with van der Waals surface area (Å²) in [5, 5.41) is 50.4. The molecule has 8 rings (SSSR count). The highest BCUT2D eigenvalue weighted by Gasteiger charge is 2.23. The van der Waals surface area contributed by atoms with E-state index < -0.39 is 7.12 Å². The fourth-order valence-corrected chi connectivity index (χ4v) is 7.83. The summed E-state index contributed by atoms with van der Waals surface area (Å²) >= 11 is 3.43. The number of halogens is 1. The molecule has 0 bridgehead atoms. The summed E-state index contributed by atoms with van der Waals surface area (Å²) in [6.07, 6.45) is 8.46. The summed E-state index contributed by atoms with van der Waals surface area (Å²) in [6.45, 7) is 13.1. The molecule has 0 radical (unpaired) electrons. The number of anilines is 2. The molecule has 6 heterocycles. The first-order valence-corrected chi connectivity index (χ1v) is 25.0. The Morgan fingerprint density at radius 1 is 0.671 bits per heavy atom. The summed E-state index contributed by atoms with van der Waals surface area (Å²) in [5.74, 6) is 0.737. The lowest BCUT2D eigenvalue weighted by atomic mass is 9.80. The molecule has 19 nitrogen and oxygen atoms in total. The van der Waals surface area contributed by atoms with Crippen molar-refractivity contribution < 1.29 is 33.9 Å². The highest BCUT2D eigenvalue weighted by Crippen LogP contribution is 2.28. The molecule has 0 unspecified atom stereocenters. The predicted molar refractivity (Wildman–Crippen MR) is 295 cm³/mol. The molecule has 0 atom stereocenters. The lowest BCUT2D eigenvalue weighted by molar-refractivity contribution is 0.0959. The SMILES string of the molecule is C=C(NC)c1ccc(B(O)O)cc1.CCCOc1nc(N(CC)C(=O)c2ccn3ncc(-c4ccc(C(=O)NC)cc4)c3c2)ccc1C#N.CCCOc1nc(N(CC)C(=O)c2ccn3ncc(Br)c3c2)ccc1C#N. The number of benzene rings is 2. The van der Waals surface area contributed by atoms with Gasteiger partial charge in [-0.1, -0.05) is 56.8 Å². The van der Waals surface area contributed by atoms with Gasteiger partial charge in [0.15, 0.2) is 0 Å². The average Bonchev–Trinajstić information content (AvgIpc) is 4.07. The van der Waals surface area contributed by atoms with E-state index in [9.17, 15) is 24.9 Å². The van der Waals surface area contributed by atoms with Crippen LogP contribution >= 0.6 is 15.9 Å². The van der Waals surface area contributed by atoms with Crippen LogP contribution in [-0.4, -0.2) is 104 Å². The minimum Gasteiger partial charge on any atom is -0.477 e. The van der Waals surface area contributed by atoms with Gasteiger partial charge in [-0.3, -0.25) is 24.2 Å². The van der Waals surface area contributed by atoms with Crippen molar-refractivity contribution in [3.63, 3.8) is 0 Å². The number of aromatic nitrogens is 6. The maximum atomic E-state index is 13.5. The maximum absolute atomic E-state index is 13.5. The number of nitrogens with one attached hydrogen (secondary N) is 2. The van der Waals surface area contributed by atoms with Crippen molar-refractivity contribution in [1.82, 2.24) is 39.8 Å². The summed E-state index contributed by atoms with van der Waals surface area (Å²) in [6, 6.07) is 31.8. The summed E-state index contributed by atoms with van der Waals surface area (Å²) in [4.78, 5) is 50.4. The molecule has 388 valence electrons. The molecule has 8 aromatic rings. The minimum atomic E-state index is -1.41. The summed E-state index contributed by atoms with van der Waals surface area (Å²) in [7, 11) is 1.97. The molecule has 21 heteroatoms. The Bertz CT molecular complexity index is 3420. The Morgan fingerprint density at radius 2 is 1.16 bits per heavy atom. The number of carbonyl (C=O) groups excluding carboxylic acids is 3. The fourth-order valence-electron chi connectivity index (χ4n) is 7.45. The number of fused-ring (bicyclic) bond motifs is 2. The maximum Gasteiger partial charge on any atom is 0.488 e. The summed E-state index contributed by atoms with van der Waals surface area (Å²) in [5.41, 5.74) is 7.71. The van der Waals surface area contributed by atoms with Gasteiger partial charge in [0, 0.05) is 67.5 Å². The van der Waals surface area contributed by atoms with E-state index in [-0.39, 0.29) is 29.5 Å². The van der Waals surface area contributed by atoms with Crippen LogP contribution in [0.15, 0.2) is 133 Å². The third kappa shape index (κ3) is 13.4. The first kappa shape index (κ1) is 56.4. The third-order valence-electron chi connectivity index (χ3n) is 11.5. The Hall–Kier alpha value is -8.89. The van der Waals surface area contributed by atoms with Crippen molar-refractivity contribution in [3.05, 3.63) is 166 Å². The molecule has 6 aromatic heterocycles. The van der Waals surface area contributed by atoms with Crippen LogP contribution in [0.25, 0.3) is 27.9 Å². The van der Waals surface area contributed by atoms with Crippen molar-refractivity contribution in [2.24, 2.45) is 0 Å². The average molecular weight is 1090 g/mol. The highest BCUT2D eigenvalue weighted by molar-refractivity contribution is 9.10. The number of amides is 3.